The topological polar surface area (TPSA) is 76.1 Å². The normalized spacial score (nSPS) is 15.1. The molecule has 4 N–H and O–H groups in total. The van der Waals surface area contributed by atoms with E-state index in [0.717, 1.165) is 0 Å². The Hall–Kier alpha value is -1.23. The first-order chi connectivity index (χ1) is 6.54. The van der Waals surface area contributed by atoms with E-state index in [1.54, 1.807) is 10.9 Å². The predicted octanol–water partition coefficient (Wildman–Crippen LogP) is 0.431. The molecule has 1 rings (SSSR count). The van der Waals surface area contributed by atoms with E-state index in [0.29, 0.717) is 11.5 Å². The van der Waals surface area contributed by atoms with Gasteiger partial charge in [-0.25, -0.2) is 0 Å². The molecular weight excluding hydrogens is 180 g/mol. The Bertz CT molecular complexity index is 297. The summed E-state index contributed by atoms with van der Waals surface area (Å²) in [6.45, 7) is 4.12. The summed E-state index contributed by atoms with van der Waals surface area (Å²) in [5, 5.41) is 16.3. The minimum Gasteiger partial charge on any atom is -0.396 e. The number of nitrogens with zero attached hydrogens (tertiary/aromatic N) is 2. The summed E-state index contributed by atoms with van der Waals surface area (Å²) in [7, 11) is 1.82. The number of aliphatic hydroxyl groups excluding tert-OH is 1. The average molecular weight is 198 g/mol. The fraction of sp³-hybridized carbons (Fsp3) is 0.667. The van der Waals surface area contributed by atoms with Crippen molar-refractivity contribution in [1.29, 1.82) is 0 Å². The Labute approximate surface area is 83.9 Å². The minimum absolute atomic E-state index is 0.150. The second-order valence-electron chi connectivity index (χ2n) is 3.70. The van der Waals surface area contributed by atoms with E-state index in [4.69, 9.17) is 10.8 Å². The summed E-state index contributed by atoms with van der Waals surface area (Å²) in [4.78, 5) is 0. The summed E-state index contributed by atoms with van der Waals surface area (Å²) in [5.41, 5.74) is 6.35. The monoisotopic (exact) mass is 198 g/mol. The summed E-state index contributed by atoms with van der Waals surface area (Å²) < 4.78 is 1.66. The Morgan fingerprint density at radius 3 is 2.71 bits per heavy atom. The molecule has 0 aliphatic heterocycles. The van der Waals surface area contributed by atoms with Crippen LogP contribution < -0.4 is 11.1 Å². The molecule has 0 amide bonds. The van der Waals surface area contributed by atoms with Gasteiger partial charge in [-0.05, 0) is 12.8 Å². The van der Waals surface area contributed by atoms with Crippen LogP contribution in [0, 0.1) is 5.92 Å². The maximum Gasteiger partial charge on any atom is 0.171 e. The zero-order valence-corrected chi connectivity index (χ0v) is 8.86. The average Bonchev–Trinajstić information content (AvgIpc) is 2.44. The van der Waals surface area contributed by atoms with Crippen molar-refractivity contribution in [2.24, 2.45) is 13.0 Å². The van der Waals surface area contributed by atoms with E-state index < -0.39 is 0 Å². The lowest BCUT2D eigenvalue weighted by Gasteiger charge is -2.19. The molecule has 1 aromatic heterocycles. The molecule has 0 saturated heterocycles. The van der Waals surface area contributed by atoms with Crippen molar-refractivity contribution in [2.75, 3.05) is 17.7 Å². The van der Waals surface area contributed by atoms with Crippen LogP contribution in [0.15, 0.2) is 6.20 Å². The molecule has 14 heavy (non-hydrogen) atoms. The lowest BCUT2D eigenvalue weighted by Crippen LogP contribution is -2.26. The molecule has 0 aromatic carbocycles. The summed E-state index contributed by atoms with van der Waals surface area (Å²) in [5.74, 6) is 0.858. The Balaban J connectivity index is 2.64. The molecular formula is C9H18N4O. The van der Waals surface area contributed by atoms with Gasteiger partial charge in [0.1, 0.15) is 0 Å². The van der Waals surface area contributed by atoms with Gasteiger partial charge in [0.15, 0.2) is 5.82 Å². The van der Waals surface area contributed by atoms with Gasteiger partial charge in [0, 0.05) is 25.9 Å². The number of nitrogens with one attached hydrogen (secondary N) is 1. The van der Waals surface area contributed by atoms with Crippen molar-refractivity contribution in [2.45, 2.75) is 19.9 Å². The molecule has 0 aliphatic carbocycles. The molecule has 1 aromatic rings. The van der Waals surface area contributed by atoms with Gasteiger partial charge in [0.2, 0.25) is 0 Å². The Kier molecular flexibility index (Phi) is 3.35. The standard InChI is InChI=1S/C9H18N4O/c1-6(5-14)7(2)11-9-8(10)4-13(3)12-9/h4,6-7,14H,5,10H2,1-3H3,(H,11,12). The summed E-state index contributed by atoms with van der Waals surface area (Å²) in [6.07, 6.45) is 1.75. The van der Waals surface area contributed by atoms with E-state index >= 15 is 0 Å². The van der Waals surface area contributed by atoms with E-state index in [2.05, 4.69) is 10.4 Å². The highest BCUT2D eigenvalue weighted by Gasteiger charge is 2.13. The van der Waals surface area contributed by atoms with Crippen LogP contribution in [0.1, 0.15) is 13.8 Å². The summed E-state index contributed by atoms with van der Waals surface area (Å²) in [6, 6.07) is 0.150. The number of aliphatic hydroxyl groups is 1. The van der Waals surface area contributed by atoms with Crippen LogP contribution >= 0.6 is 0 Å². The zero-order valence-electron chi connectivity index (χ0n) is 8.86. The molecule has 1 heterocycles. The van der Waals surface area contributed by atoms with Crippen molar-refractivity contribution < 1.29 is 5.11 Å². The van der Waals surface area contributed by atoms with Crippen LogP contribution in [-0.4, -0.2) is 27.5 Å². The second kappa shape index (κ2) is 4.32. The van der Waals surface area contributed by atoms with E-state index in [1.165, 1.54) is 0 Å². The largest absolute Gasteiger partial charge is 0.396 e. The van der Waals surface area contributed by atoms with Gasteiger partial charge in [-0.3, -0.25) is 4.68 Å². The second-order valence-corrected chi connectivity index (χ2v) is 3.70. The van der Waals surface area contributed by atoms with E-state index in [-0.39, 0.29) is 18.6 Å². The third-order valence-electron chi connectivity index (χ3n) is 2.36. The molecule has 0 spiro atoms. The van der Waals surface area contributed by atoms with Gasteiger partial charge >= 0.3 is 0 Å². The van der Waals surface area contributed by atoms with Gasteiger partial charge in [-0.15, -0.1) is 0 Å². The Morgan fingerprint density at radius 1 is 1.64 bits per heavy atom. The van der Waals surface area contributed by atoms with Crippen molar-refractivity contribution in [1.82, 2.24) is 9.78 Å². The smallest absolute Gasteiger partial charge is 0.171 e. The maximum absolute atomic E-state index is 8.96. The predicted molar refractivity (Wildman–Crippen MR) is 57.0 cm³/mol. The van der Waals surface area contributed by atoms with Crippen LogP contribution in [0.25, 0.3) is 0 Å². The van der Waals surface area contributed by atoms with Crippen molar-refractivity contribution in [3.63, 3.8) is 0 Å². The van der Waals surface area contributed by atoms with E-state index in [9.17, 15) is 0 Å². The van der Waals surface area contributed by atoms with Crippen molar-refractivity contribution in [3.05, 3.63) is 6.20 Å². The third kappa shape index (κ3) is 2.38. The zero-order chi connectivity index (χ0) is 10.7. The maximum atomic E-state index is 8.96. The molecule has 2 unspecified atom stereocenters. The number of rotatable bonds is 4. The molecule has 0 fully saturated rings. The summed E-state index contributed by atoms with van der Waals surface area (Å²) >= 11 is 0. The first-order valence-electron chi connectivity index (χ1n) is 4.71. The first-order valence-corrected chi connectivity index (χ1v) is 4.71. The lowest BCUT2D eigenvalue weighted by atomic mass is 10.1. The number of hydrogen-bond donors (Lipinski definition) is 3. The highest BCUT2D eigenvalue weighted by molar-refractivity contribution is 5.60. The molecule has 0 bridgehead atoms. The SMILES string of the molecule is CC(CO)C(C)Nc1nn(C)cc1N. The first kappa shape index (κ1) is 10.8. The number of anilines is 2. The number of aryl methyl sites for hydroxylation is 1. The van der Waals surface area contributed by atoms with Gasteiger partial charge in [0.05, 0.1) is 5.69 Å². The van der Waals surface area contributed by atoms with Crippen molar-refractivity contribution >= 4 is 11.5 Å². The third-order valence-corrected chi connectivity index (χ3v) is 2.36. The molecule has 80 valence electrons. The fourth-order valence-electron chi connectivity index (χ4n) is 1.13. The number of hydrogen-bond acceptors (Lipinski definition) is 4. The van der Waals surface area contributed by atoms with Gasteiger partial charge < -0.3 is 16.2 Å². The van der Waals surface area contributed by atoms with E-state index in [1.807, 2.05) is 20.9 Å². The van der Waals surface area contributed by atoms with Crippen LogP contribution in [0.2, 0.25) is 0 Å². The molecule has 0 radical (unpaired) electrons. The highest BCUT2D eigenvalue weighted by atomic mass is 16.3. The molecule has 2 atom stereocenters. The van der Waals surface area contributed by atoms with Gasteiger partial charge in [0.25, 0.3) is 0 Å². The van der Waals surface area contributed by atoms with Crippen LogP contribution in [-0.2, 0) is 7.05 Å². The van der Waals surface area contributed by atoms with Crippen LogP contribution in [0.5, 0.6) is 0 Å². The molecule has 5 nitrogen and oxygen atoms in total. The van der Waals surface area contributed by atoms with Gasteiger partial charge in [-0.2, -0.15) is 5.10 Å². The number of nitrogens with two attached hydrogens (primary N) is 1. The van der Waals surface area contributed by atoms with Crippen molar-refractivity contribution in [3.8, 4) is 0 Å². The highest BCUT2D eigenvalue weighted by Crippen LogP contribution is 2.17. The van der Waals surface area contributed by atoms with Crippen LogP contribution in [0.4, 0.5) is 11.5 Å². The fourth-order valence-corrected chi connectivity index (χ4v) is 1.13. The minimum atomic E-state index is 0.150. The lowest BCUT2D eigenvalue weighted by molar-refractivity contribution is 0.226. The van der Waals surface area contributed by atoms with Crippen LogP contribution in [0.3, 0.4) is 0 Å². The quantitative estimate of drug-likeness (QED) is 0.656. The number of nitrogen functional groups attached to an aromatic ring is 1. The Morgan fingerprint density at radius 2 is 2.29 bits per heavy atom. The molecule has 0 saturated carbocycles. The molecule has 5 heteroatoms. The number of aromatic nitrogens is 2. The molecule has 0 aliphatic rings. The van der Waals surface area contributed by atoms with Gasteiger partial charge in [-0.1, -0.05) is 6.92 Å².